The van der Waals surface area contributed by atoms with E-state index in [4.69, 9.17) is 14.2 Å². The number of benzene rings is 2. The first-order valence-electron chi connectivity index (χ1n) is 7.88. The number of allylic oxidation sites excluding steroid dienone is 2. The van der Waals surface area contributed by atoms with E-state index < -0.39 is 0 Å². The maximum atomic E-state index is 12.2. The summed E-state index contributed by atoms with van der Waals surface area (Å²) in [5.41, 5.74) is 1.68. The van der Waals surface area contributed by atoms with Crippen LogP contribution >= 0.6 is 0 Å². The number of rotatable bonds is 8. The van der Waals surface area contributed by atoms with Gasteiger partial charge in [-0.15, -0.1) is 0 Å². The normalized spacial score (nSPS) is 10.9. The topological polar surface area (TPSA) is 61.8 Å². The molecule has 0 fully saturated rings. The molecule has 0 amide bonds. The number of carbonyl (C=O) groups excluding carboxylic acids is 2. The zero-order chi connectivity index (χ0) is 18.9. The summed E-state index contributed by atoms with van der Waals surface area (Å²) in [5.74, 6) is 1.48. The molecule has 5 nitrogen and oxygen atoms in total. The number of hydrogen-bond donors (Lipinski definition) is 0. The lowest BCUT2D eigenvalue weighted by Gasteiger charge is -2.09. The summed E-state index contributed by atoms with van der Waals surface area (Å²) >= 11 is 0. The highest BCUT2D eigenvalue weighted by atomic mass is 16.5. The van der Waals surface area contributed by atoms with E-state index in [0.717, 1.165) is 6.29 Å². The quantitative estimate of drug-likeness (QED) is 0.534. The molecule has 0 saturated heterocycles. The predicted octanol–water partition coefficient (Wildman–Crippen LogP) is 3.82. The van der Waals surface area contributed by atoms with Crippen molar-refractivity contribution in [2.45, 2.75) is 0 Å². The molecule has 0 aliphatic heterocycles. The molecule has 2 aromatic rings. The predicted molar refractivity (Wildman–Crippen MR) is 101 cm³/mol. The molecule has 0 bridgehead atoms. The van der Waals surface area contributed by atoms with Gasteiger partial charge in [0, 0.05) is 11.1 Å². The zero-order valence-electron chi connectivity index (χ0n) is 14.9. The van der Waals surface area contributed by atoms with Crippen molar-refractivity contribution < 1.29 is 23.8 Å². The van der Waals surface area contributed by atoms with Gasteiger partial charge in [0.2, 0.25) is 0 Å². The van der Waals surface area contributed by atoms with Crippen LogP contribution in [0.4, 0.5) is 0 Å². The van der Waals surface area contributed by atoms with E-state index in [1.165, 1.54) is 19.3 Å². The summed E-state index contributed by atoms with van der Waals surface area (Å²) in [4.78, 5) is 23.4. The minimum absolute atomic E-state index is 0.249. The van der Waals surface area contributed by atoms with E-state index in [-0.39, 0.29) is 5.78 Å². The number of methoxy groups -OCH3 is 3. The van der Waals surface area contributed by atoms with Crippen molar-refractivity contribution in [1.29, 1.82) is 0 Å². The third kappa shape index (κ3) is 4.39. The van der Waals surface area contributed by atoms with Crippen molar-refractivity contribution in [1.82, 2.24) is 0 Å². The fourth-order valence-electron chi connectivity index (χ4n) is 2.45. The third-order valence-electron chi connectivity index (χ3n) is 3.74. The molecule has 26 heavy (non-hydrogen) atoms. The molecule has 2 aromatic carbocycles. The summed E-state index contributed by atoms with van der Waals surface area (Å²) in [6, 6.07) is 10.5. The largest absolute Gasteiger partial charge is 0.496 e. The highest BCUT2D eigenvalue weighted by molar-refractivity contribution is 6.05. The number of hydrogen-bond acceptors (Lipinski definition) is 5. The Bertz CT molecular complexity index is 827. The first-order chi connectivity index (χ1) is 12.6. The fraction of sp³-hybridized carbons (Fsp3) is 0.143. The second-order valence-electron chi connectivity index (χ2n) is 5.23. The SMILES string of the molecule is COc1cccc(C=O)c1/C=C/C(=O)/C=C/c1c(OC)cccc1OC. The first-order valence-corrected chi connectivity index (χ1v) is 7.88. The van der Waals surface area contributed by atoms with Gasteiger partial charge in [0.1, 0.15) is 17.2 Å². The molecule has 0 atom stereocenters. The van der Waals surface area contributed by atoms with Crippen molar-refractivity contribution in [3.05, 3.63) is 65.2 Å². The average Bonchev–Trinajstić information content (AvgIpc) is 2.69. The van der Waals surface area contributed by atoms with Crippen LogP contribution in [-0.2, 0) is 4.79 Å². The molecular formula is C21H20O5. The van der Waals surface area contributed by atoms with Gasteiger partial charge in [-0.25, -0.2) is 0 Å². The highest BCUT2D eigenvalue weighted by Crippen LogP contribution is 2.29. The van der Waals surface area contributed by atoms with Crippen LogP contribution in [0.15, 0.2) is 48.6 Å². The Hall–Kier alpha value is -3.34. The van der Waals surface area contributed by atoms with Crippen LogP contribution in [0.3, 0.4) is 0 Å². The number of carbonyl (C=O) groups is 2. The molecule has 0 saturated carbocycles. The number of aldehydes is 1. The van der Waals surface area contributed by atoms with Crippen molar-refractivity contribution in [3.8, 4) is 17.2 Å². The molecule has 0 heterocycles. The molecule has 134 valence electrons. The lowest BCUT2D eigenvalue weighted by molar-refractivity contribution is -0.110. The first kappa shape index (κ1) is 19.0. The van der Waals surface area contributed by atoms with Gasteiger partial charge in [0.25, 0.3) is 0 Å². The van der Waals surface area contributed by atoms with Gasteiger partial charge in [-0.05, 0) is 42.5 Å². The van der Waals surface area contributed by atoms with Gasteiger partial charge in [-0.1, -0.05) is 18.2 Å². The van der Waals surface area contributed by atoms with Crippen LogP contribution in [-0.4, -0.2) is 33.4 Å². The maximum Gasteiger partial charge on any atom is 0.178 e. The van der Waals surface area contributed by atoms with Gasteiger partial charge in [0.15, 0.2) is 12.1 Å². The second kappa shape index (κ2) is 9.22. The van der Waals surface area contributed by atoms with Crippen LogP contribution in [0.25, 0.3) is 12.2 Å². The molecule has 5 heteroatoms. The smallest absolute Gasteiger partial charge is 0.178 e. The third-order valence-corrected chi connectivity index (χ3v) is 3.74. The average molecular weight is 352 g/mol. The second-order valence-corrected chi connectivity index (χ2v) is 5.23. The Kier molecular flexibility index (Phi) is 6.74. The Morgan fingerprint density at radius 1 is 0.769 bits per heavy atom. The summed E-state index contributed by atoms with van der Waals surface area (Å²) in [7, 11) is 4.61. The van der Waals surface area contributed by atoms with Gasteiger partial charge < -0.3 is 14.2 Å². The summed E-state index contributed by atoms with van der Waals surface area (Å²) < 4.78 is 15.8. The zero-order valence-corrected chi connectivity index (χ0v) is 14.9. The monoisotopic (exact) mass is 352 g/mol. The van der Waals surface area contributed by atoms with Crippen molar-refractivity contribution in [3.63, 3.8) is 0 Å². The summed E-state index contributed by atoms with van der Waals surface area (Å²) in [5, 5.41) is 0. The standard InChI is InChI=1S/C21H20O5/c1-24-19-7-4-6-15(14-22)17(19)12-10-16(23)11-13-18-20(25-2)8-5-9-21(18)26-3/h4-14H,1-3H3/b12-10+,13-11+. The Balaban J connectivity index is 2.26. The molecule has 0 aliphatic rings. The lowest BCUT2D eigenvalue weighted by atomic mass is 10.1. The van der Waals surface area contributed by atoms with Crippen molar-refractivity contribution >= 4 is 24.2 Å². The summed E-state index contributed by atoms with van der Waals surface area (Å²) in [6.45, 7) is 0. The van der Waals surface area contributed by atoms with E-state index in [0.29, 0.717) is 33.9 Å². The molecular weight excluding hydrogens is 332 g/mol. The Labute approximate surface area is 152 Å². The van der Waals surface area contributed by atoms with Crippen molar-refractivity contribution in [2.75, 3.05) is 21.3 Å². The minimum atomic E-state index is -0.249. The van der Waals surface area contributed by atoms with Crippen LogP contribution in [0, 0.1) is 0 Å². The molecule has 0 radical (unpaired) electrons. The molecule has 0 spiro atoms. The highest BCUT2D eigenvalue weighted by Gasteiger charge is 2.08. The minimum Gasteiger partial charge on any atom is -0.496 e. The number of ether oxygens (including phenoxy) is 3. The van der Waals surface area contributed by atoms with Crippen LogP contribution in [0.5, 0.6) is 17.2 Å². The van der Waals surface area contributed by atoms with E-state index in [1.54, 1.807) is 62.8 Å². The fourth-order valence-corrected chi connectivity index (χ4v) is 2.45. The van der Waals surface area contributed by atoms with E-state index in [2.05, 4.69) is 0 Å². The van der Waals surface area contributed by atoms with Gasteiger partial charge >= 0.3 is 0 Å². The molecule has 0 aliphatic carbocycles. The van der Waals surface area contributed by atoms with E-state index in [1.807, 2.05) is 0 Å². The molecule has 0 unspecified atom stereocenters. The van der Waals surface area contributed by atoms with Crippen molar-refractivity contribution in [2.24, 2.45) is 0 Å². The maximum absolute atomic E-state index is 12.2. The molecule has 0 aromatic heterocycles. The Morgan fingerprint density at radius 3 is 1.73 bits per heavy atom. The van der Waals surface area contributed by atoms with Crippen LogP contribution in [0.1, 0.15) is 21.5 Å². The molecule has 0 N–H and O–H groups in total. The summed E-state index contributed by atoms with van der Waals surface area (Å²) in [6.07, 6.45) is 6.71. The lowest BCUT2D eigenvalue weighted by Crippen LogP contribution is -1.94. The molecule has 2 rings (SSSR count). The van der Waals surface area contributed by atoms with Gasteiger partial charge in [-0.2, -0.15) is 0 Å². The van der Waals surface area contributed by atoms with E-state index in [9.17, 15) is 9.59 Å². The van der Waals surface area contributed by atoms with Crippen LogP contribution < -0.4 is 14.2 Å². The Morgan fingerprint density at radius 2 is 1.23 bits per heavy atom. The van der Waals surface area contributed by atoms with Gasteiger partial charge in [0.05, 0.1) is 26.9 Å². The van der Waals surface area contributed by atoms with Gasteiger partial charge in [-0.3, -0.25) is 9.59 Å². The van der Waals surface area contributed by atoms with Crippen LogP contribution in [0.2, 0.25) is 0 Å². The number of ketones is 1. The van der Waals surface area contributed by atoms with E-state index >= 15 is 0 Å².